The summed E-state index contributed by atoms with van der Waals surface area (Å²) in [5, 5.41) is 5.95. The smallest absolute Gasteiger partial charge is 0.319 e. The van der Waals surface area contributed by atoms with Gasteiger partial charge in [-0.05, 0) is 68.3 Å². The summed E-state index contributed by atoms with van der Waals surface area (Å²) in [5.74, 6) is 0.802. The number of amides is 2. The number of benzene rings is 2. The number of hydrogen-bond donors (Lipinski definition) is 2. The Morgan fingerprint density at radius 2 is 1.71 bits per heavy atom. The van der Waals surface area contributed by atoms with Gasteiger partial charge in [-0.1, -0.05) is 48.9 Å². The molecule has 0 unspecified atom stereocenters. The van der Waals surface area contributed by atoms with E-state index in [1.807, 2.05) is 13.8 Å². The van der Waals surface area contributed by atoms with E-state index in [1.165, 1.54) is 37.1 Å². The number of rotatable bonds is 5. The van der Waals surface area contributed by atoms with Crippen molar-refractivity contribution in [3.63, 3.8) is 0 Å². The summed E-state index contributed by atoms with van der Waals surface area (Å²) < 4.78 is 0. The largest absolute Gasteiger partial charge is 0.334 e. The number of aryl methyl sites for hydroxylation is 3. The second kappa shape index (κ2) is 9.24. The molecule has 4 nitrogen and oxygen atoms in total. The maximum absolute atomic E-state index is 12.3. The maximum atomic E-state index is 12.3. The molecule has 2 N–H and O–H groups in total. The molecule has 0 radical (unpaired) electrons. The standard InChI is InChI=1S/C24H33N3O/c1-17-6-5-11-27(15-17)16-22-9-7-21(8-10-22)14-25-24(28)26-23-19(3)12-18(2)13-20(23)4/h7-10,12-13,17H,5-6,11,14-16H2,1-4H3,(H2,25,26,28)/t17-/m1/s1. The summed E-state index contributed by atoms with van der Waals surface area (Å²) in [6.07, 6.45) is 2.66. The normalized spacial score (nSPS) is 17.4. The molecule has 2 amide bonds. The zero-order valence-electron chi connectivity index (χ0n) is 17.6. The SMILES string of the molecule is Cc1cc(C)c(NC(=O)NCc2ccc(CN3CCC[C@@H](C)C3)cc2)c(C)c1. The molecule has 1 heterocycles. The van der Waals surface area contributed by atoms with Crippen LogP contribution in [-0.4, -0.2) is 24.0 Å². The molecule has 3 rings (SSSR count). The summed E-state index contributed by atoms with van der Waals surface area (Å²) in [6.45, 7) is 12.4. The van der Waals surface area contributed by atoms with Gasteiger partial charge in [0.25, 0.3) is 0 Å². The van der Waals surface area contributed by atoms with Crippen LogP contribution >= 0.6 is 0 Å². The van der Waals surface area contributed by atoms with E-state index in [4.69, 9.17) is 0 Å². The van der Waals surface area contributed by atoms with E-state index in [0.29, 0.717) is 6.54 Å². The van der Waals surface area contributed by atoms with Crippen LogP contribution in [0.15, 0.2) is 36.4 Å². The van der Waals surface area contributed by atoms with Crippen LogP contribution < -0.4 is 10.6 Å². The van der Waals surface area contributed by atoms with E-state index >= 15 is 0 Å². The molecule has 0 bridgehead atoms. The van der Waals surface area contributed by atoms with E-state index in [-0.39, 0.29) is 6.03 Å². The molecule has 0 aromatic heterocycles. The molecule has 0 saturated carbocycles. The molecule has 150 valence electrons. The maximum Gasteiger partial charge on any atom is 0.319 e. The van der Waals surface area contributed by atoms with Crippen molar-refractivity contribution in [2.75, 3.05) is 18.4 Å². The van der Waals surface area contributed by atoms with E-state index in [0.717, 1.165) is 34.8 Å². The van der Waals surface area contributed by atoms with Gasteiger partial charge < -0.3 is 10.6 Å². The van der Waals surface area contributed by atoms with Crippen LogP contribution in [0.1, 0.15) is 47.6 Å². The molecule has 1 aliphatic heterocycles. The first-order chi connectivity index (χ1) is 13.4. The number of piperidine rings is 1. The van der Waals surface area contributed by atoms with Crippen LogP contribution in [-0.2, 0) is 13.1 Å². The average Bonchev–Trinajstić information content (AvgIpc) is 2.64. The highest BCUT2D eigenvalue weighted by atomic mass is 16.2. The zero-order valence-corrected chi connectivity index (χ0v) is 17.6. The molecule has 2 aromatic rings. The van der Waals surface area contributed by atoms with Gasteiger partial charge in [-0.15, -0.1) is 0 Å². The van der Waals surface area contributed by atoms with Crippen LogP contribution in [0.4, 0.5) is 10.5 Å². The molecule has 28 heavy (non-hydrogen) atoms. The van der Waals surface area contributed by atoms with Gasteiger partial charge in [-0.25, -0.2) is 4.79 Å². The summed E-state index contributed by atoms with van der Waals surface area (Å²) in [6, 6.07) is 12.6. The van der Waals surface area contributed by atoms with Gasteiger partial charge in [0, 0.05) is 25.3 Å². The van der Waals surface area contributed by atoms with Crippen LogP contribution in [0.5, 0.6) is 0 Å². The van der Waals surface area contributed by atoms with Gasteiger partial charge in [-0.3, -0.25) is 4.90 Å². The third-order valence-corrected chi connectivity index (χ3v) is 5.54. The minimum absolute atomic E-state index is 0.165. The lowest BCUT2D eigenvalue weighted by Gasteiger charge is -2.30. The van der Waals surface area contributed by atoms with Crippen molar-refractivity contribution in [1.82, 2.24) is 10.2 Å². The predicted octanol–water partition coefficient (Wildman–Crippen LogP) is 5.17. The number of nitrogens with zero attached hydrogens (tertiary/aromatic N) is 1. The molecule has 1 atom stereocenters. The second-order valence-corrected chi connectivity index (χ2v) is 8.38. The van der Waals surface area contributed by atoms with Crippen molar-refractivity contribution < 1.29 is 4.79 Å². The fourth-order valence-corrected chi connectivity index (χ4v) is 4.17. The molecule has 0 aliphatic carbocycles. The first kappa shape index (κ1) is 20.4. The molecular weight excluding hydrogens is 346 g/mol. The van der Waals surface area contributed by atoms with Gasteiger partial charge in [0.2, 0.25) is 0 Å². The number of anilines is 1. The minimum Gasteiger partial charge on any atom is -0.334 e. The van der Waals surface area contributed by atoms with Crippen molar-refractivity contribution in [2.24, 2.45) is 5.92 Å². The highest BCUT2D eigenvalue weighted by molar-refractivity contribution is 5.91. The molecule has 4 heteroatoms. The van der Waals surface area contributed by atoms with Crippen molar-refractivity contribution in [3.05, 3.63) is 64.2 Å². The highest BCUT2D eigenvalue weighted by Gasteiger charge is 2.16. The Morgan fingerprint density at radius 3 is 2.36 bits per heavy atom. The van der Waals surface area contributed by atoms with Crippen molar-refractivity contribution in [2.45, 2.75) is 53.6 Å². The molecule has 1 fully saturated rings. The van der Waals surface area contributed by atoms with Gasteiger partial charge in [0.05, 0.1) is 0 Å². The first-order valence-electron chi connectivity index (χ1n) is 10.3. The van der Waals surface area contributed by atoms with Gasteiger partial charge in [-0.2, -0.15) is 0 Å². The van der Waals surface area contributed by atoms with Gasteiger partial charge in [0.1, 0.15) is 0 Å². The molecule has 1 aliphatic rings. The lowest BCUT2D eigenvalue weighted by atomic mass is 9.99. The predicted molar refractivity (Wildman–Crippen MR) is 117 cm³/mol. The van der Waals surface area contributed by atoms with Gasteiger partial charge in [0.15, 0.2) is 0 Å². The summed E-state index contributed by atoms with van der Waals surface area (Å²) in [5.41, 5.74) is 6.74. The van der Waals surface area contributed by atoms with Crippen molar-refractivity contribution in [1.29, 1.82) is 0 Å². The van der Waals surface area contributed by atoms with Crippen molar-refractivity contribution >= 4 is 11.7 Å². The quantitative estimate of drug-likeness (QED) is 0.753. The number of urea groups is 1. The Morgan fingerprint density at radius 1 is 1.07 bits per heavy atom. The zero-order chi connectivity index (χ0) is 20.1. The lowest BCUT2D eigenvalue weighted by molar-refractivity contribution is 0.176. The van der Waals surface area contributed by atoms with E-state index in [9.17, 15) is 4.79 Å². The number of carbonyl (C=O) groups is 1. The lowest BCUT2D eigenvalue weighted by Crippen LogP contribution is -2.33. The van der Waals surface area contributed by atoms with Crippen LogP contribution in [0.25, 0.3) is 0 Å². The number of likely N-dealkylation sites (tertiary alicyclic amines) is 1. The first-order valence-corrected chi connectivity index (χ1v) is 10.3. The Balaban J connectivity index is 1.50. The third-order valence-electron chi connectivity index (χ3n) is 5.54. The van der Waals surface area contributed by atoms with Crippen LogP contribution in [0.2, 0.25) is 0 Å². The van der Waals surface area contributed by atoms with Crippen LogP contribution in [0.3, 0.4) is 0 Å². The summed E-state index contributed by atoms with van der Waals surface area (Å²) in [7, 11) is 0. The number of nitrogens with one attached hydrogen (secondary N) is 2. The number of hydrogen-bond acceptors (Lipinski definition) is 2. The third kappa shape index (κ3) is 5.59. The highest BCUT2D eigenvalue weighted by Crippen LogP contribution is 2.22. The Bertz CT molecular complexity index is 790. The molecule has 0 spiro atoms. The van der Waals surface area contributed by atoms with E-state index < -0.39 is 0 Å². The summed E-state index contributed by atoms with van der Waals surface area (Å²) >= 11 is 0. The topological polar surface area (TPSA) is 44.4 Å². The van der Waals surface area contributed by atoms with E-state index in [2.05, 4.69) is 65.8 Å². The number of carbonyl (C=O) groups excluding carboxylic acids is 1. The Kier molecular flexibility index (Phi) is 6.74. The Labute approximate surface area is 169 Å². The van der Waals surface area contributed by atoms with Crippen LogP contribution in [0, 0.1) is 26.7 Å². The average molecular weight is 380 g/mol. The molecule has 2 aromatic carbocycles. The molecular formula is C24H33N3O. The van der Waals surface area contributed by atoms with E-state index in [1.54, 1.807) is 0 Å². The molecule has 1 saturated heterocycles. The second-order valence-electron chi connectivity index (χ2n) is 8.38. The minimum atomic E-state index is -0.165. The van der Waals surface area contributed by atoms with Gasteiger partial charge >= 0.3 is 6.03 Å². The van der Waals surface area contributed by atoms with Crippen molar-refractivity contribution in [3.8, 4) is 0 Å². The fourth-order valence-electron chi connectivity index (χ4n) is 4.17. The Hall–Kier alpha value is -2.33. The fraction of sp³-hybridized carbons (Fsp3) is 0.458. The monoisotopic (exact) mass is 379 g/mol. The summed E-state index contributed by atoms with van der Waals surface area (Å²) in [4.78, 5) is 14.8.